The standard InChI is InChI=1S/C15H18BrN5/c16-12-10-19-15(18)13(17)14(12)21-8-6-20(7-9-21)11-4-2-1-3-5-11/h1-5,10H,6-9,17H2,(H2,18,19). The first-order valence-electron chi connectivity index (χ1n) is 6.91. The predicted molar refractivity (Wildman–Crippen MR) is 91.6 cm³/mol. The van der Waals surface area contributed by atoms with Crippen LogP contribution in [0.25, 0.3) is 0 Å². The van der Waals surface area contributed by atoms with Gasteiger partial charge < -0.3 is 21.3 Å². The Hall–Kier alpha value is -1.95. The Balaban J connectivity index is 1.76. The summed E-state index contributed by atoms with van der Waals surface area (Å²) >= 11 is 3.52. The fourth-order valence-electron chi connectivity index (χ4n) is 2.66. The molecule has 1 aliphatic heterocycles. The third kappa shape index (κ3) is 2.76. The number of anilines is 4. The molecule has 1 aliphatic rings. The predicted octanol–water partition coefficient (Wildman–Crippen LogP) is 2.34. The zero-order chi connectivity index (χ0) is 14.8. The van der Waals surface area contributed by atoms with E-state index in [0.717, 1.165) is 36.3 Å². The largest absolute Gasteiger partial charge is 0.394 e. The van der Waals surface area contributed by atoms with Gasteiger partial charge in [0.05, 0.1) is 15.8 Å². The van der Waals surface area contributed by atoms with E-state index in [4.69, 9.17) is 11.5 Å². The molecule has 1 fully saturated rings. The Labute approximate surface area is 132 Å². The minimum Gasteiger partial charge on any atom is -0.394 e. The van der Waals surface area contributed by atoms with E-state index in [1.165, 1.54) is 5.69 Å². The number of hydrogen-bond acceptors (Lipinski definition) is 5. The molecule has 1 aromatic heterocycles. The molecule has 0 saturated carbocycles. The smallest absolute Gasteiger partial charge is 0.148 e. The van der Waals surface area contributed by atoms with E-state index in [0.29, 0.717) is 11.5 Å². The summed E-state index contributed by atoms with van der Waals surface area (Å²) in [4.78, 5) is 8.71. The lowest BCUT2D eigenvalue weighted by atomic mass is 10.2. The molecule has 0 atom stereocenters. The summed E-state index contributed by atoms with van der Waals surface area (Å²) < 4.78 is 0.891. The van der Waals surface area contributed by atoms with E-state index in [1.54, 1.807) is 6.20 Å². The van der Waals surface area contributed by atoms with Crippen LogP contribution in [0.4, 0.5) is 22.9 Å². The fraction of sp³-hybridized carbons (Fsp3) is 0.267. The maximum atomic E-state index is 6.09. The van der Waals surface area contributed by atoms with Gasteiger partial charge in [0, 0.05) is 38.1 Å². The molecule has 0 spiro atoms. The lowest BCUT2D eigenvalue weighted by Gasteiger charge is -2.38. The number of para-hydroxylation sites is 1. The van der Waals surface area contributed by atoms with Crippen molar-refractivity contribution in [3.8, 4) is 0 Å². The number of nitrogens with zero attached hydrogens (tertiary/aromatic N) is 3. The number of nitrogen functional groups attached to an aromatic ring is 2. The van der Waals surface area contributed by atoms with Crippen LogP contribution in [0.1, 0.15) is 0 Å². The molecule has 0 unspecified atom stereocenters. The first kappa shape index (κ1) is 14.0. The van der Waals surface area contributed by atoms with Gasteiger partial charge in [-0.2, -0.15) is 0 Å². The van der Waals surface area contributed by atoms with Crippen LogP contribution in [0.15, 0.2) is 41.0 Å². The van der Waals surface area contributed by atoms with E-state index in [-0.39, 0.29) is 0 Å². The maximum absolute atomic E-state index is 6.09. The number of rotatable bonds is 2. The van der Waals surface area contributed by atoms with E-state index < -0.39 is 0 Å². The SMILES string of the molecule is Nc1ncc(Br)c(N2CCN(c3ccccc3)CC2)c1N. The molecule has 21 heavy (non-hydrogen) atoms. The lowest BCUT2D eigenvalue weighted by Crippen LogP contribution is -2.47. The second-order valence-electron chi connectivity index (χ2n) is 5.06. The zero-order valence-electron chi connectivity index (χ0n) is 11.7. The third-order valence-electron chi connectivity index (χ3n) is 3.79. The molecule has 6 heteroatoms. The van der Waals surface area contributed by atoms with E-state index >= 15 is 0 Å². The van der Waals surface area contributed by atoms with Gasteiger partial charge in [-0.3, -0.25) is 0 Å². The average molecular weight is 348 g/mol. The lowest BCUT2D eigenvalue weighted by molar-refractivity contribution is 0.653. The summed E-state index contributed by atoms with van der Waals surface area (Å²) in [5, 5.41) is 0. The van der Waals surface area contributed by atoms with Crippen molar-refractivity contribution in [2.75, 3.05) is 47.4 Å². The molecular formula is C15H18BrN5. The fourth-order valence-corrected chi connectivity index (χ4v) is 3.22. The number of nitrogens with two attached hydrogens (primary N) is 2. The minimum absolute atomic E-state index is 0.388. The Bertz CT molecular complexity index is 623. The van der Waals surface area contributed by atoms with Crippen molar-refractivity contribution in [1.82, 2.24) is 4.98 Å². The van der Waals surface area contributed by atoms with Gasteiger partial charge in [0.15, 0.2) is 0 Å². The van der Waals surface area contributed by atoms with Crippen LogP contribution in [-0.2, 0) is 0 Å². The Morgan fingerprint density at radius 2 is 1.57 bits per heavy atom. The molecule has 0 aliphatic carbocycles. The zero-order valence-corrected chi connectivity index (χ0v) is 13.3. The summed E-state index contributed by atoms with van der Waals surface area (Å²) in [6.07, 6.45) is 1.71. The van der Waals surface area contributed by atoms with Crippen LogP contribution in [0.3, 0.4) is 0 Å². The summed E-state index contributed by atoms with van der Waals surface area (Å²) in [5.41, 5.74) is 14.7. The molecule has 2 aromatic rings. The van der Waals surface area contributed by atoms with Crippen molar-refractivity contribution < 1.29 is 0 Å². The second-order valence-corrected chi connectivity index (χ2v) is 5.92. The average Bonchev–Trinajstić information content (AvgIpc) is 2.53. The molecule has 110 valence electrons. The van der Waals surface area contributed by atoms with Crippen molar-refractivity contribution in [1.29, 1.82) is 0 Å². The first-order valence-corrected chi connectivity index (χ1v) is 7.70. The van der Waals surface area contributed by atoms with Crippen LogP contribution in [0.5, 0.6) is 0 Å². The number of aromatic nitrogens is 1. The van der Waals surface area contributed by atoms with Gasteiger partial charge in [-0.15, -0.1) is 0 Å². The highest BCUT2D eigenvalue weighted by Gasteiger charge is 2.22. The molecule has 1 aromatic carbocycles. The van der Waals surface area contributed by atoms with Crippen LogP contribution >= 0.6 is 15.9 Å². The van der Waals surface area contributed by atoms with Gasteiger partial charge in [0.2, 0.25) is 0 Å². The van der Waals surface area contributed by atoms with Gasteiger partial charge in [-0.1, -0.05) is 18.2 Å². The van der Waals surface area contributed by atoms with Crippen LogP contribution in [-0.4, -0.2) is 31.2 Å². The minimum atomic E-state index is 0.388. The molecule has 5 nitrogen and oxygen atoms in total. The van der Waals surface area contributed by atoms with Crippen LogP contribution < -0.4 is 21.3 Å². The second kappa shape index (κ2) is 5.81. The van der Waals surface area contributed by atoms with Crippen molar-refractivity contribution >= 4 is 38.8 Å². The number of benzene rings is 1. The van der Waals surface area contributed by atoms with Gasteiger partial charge >= 0.3 is 0 Å². The summed E-state index contributed by atoms with van der Waals surface area (Å²) in [7, 11) is 0. The van der Waals surface area contributed by atoms with Crippen LogP contribution in [0.2, 0.25) is 0 Å². The van der Waals surface area contributed by atoms with Crippen LogP contribution in [0, 0.1) is 0 Å². The number of piperazine rings is 1. The highest BCUT2D eigenvalue weighted by Crippen LogP contribution is 2.35. The summed E-state index contributed by atoms with van der Waals surface area (Å²) in [5.74, 6) is 0.388. The molecule has 0 radical (unpaired) electrons. The first-order chi connectivity index (χ1) is 10.2. The quantitative estimate of drug-likeness (QED) is 0.872. The maximum Gasteiger partial charge on any atom is 0.148 e. The number of halogens is 1. The Morgan fingerprint density at radius 1 is 0.952 bits per heavy atom. The highest BCUT2D eigenvalue weighted by atomic mass is 79.9. The highest BCUT2D eigenvalue weighted by molar-refractivity contribution is 9.10. The van der Waals surface area contributed by atoms with Gasteiger partial charge in [-0.05, 0) is 28.1 Å². The van der Waals surface area contributed by atoms with Crippen molar-refractivity contribution in [3.05, 3.63) is 41.0 Å². The topological polar surface area (TPSA) is 71.4 Å². The number of hydrogen-bond donors (Lipinski definition) is 2. The van der Waals surface area contributed by atoms with E-state index in [2.05, 4.69) is 55.0 Å². The molecule has 1 saturated heterocycles. The van der Waals surface area contributed by atoms with Crippen molar-refractivity contribution in [2.45, 2.75) is 0 Å². The molecule has 3 rings (SSSR count). The van der Waals surface area contributed by atoms with Crippen molar-refractivity contribution in [3.63, 3.8) is 0 Å². The molecule has 4 N–H and O–H groups in total. The molecule has 0 amide bonds. The molecule has 2 heterocycles. The Kier molecular flexibility index (Phi) is 3.88. The van der Waals surface area contributed by atoms with Crippen molar-refractivity contribution in [2.24, 2.45) is 0 Å². The van der Waals surface area contributed by atoms with Gasteiger partial charge in [-0.25, -0.2) is 4.98 Å². The number of pyridine rings is 1. The van der Waals surface area contributed by atoms with Gasteiger partial charge in [0.25, 0.3) is 0 Å². The summed E-state index contributed by atoms with van der Waals surface area (Å²) in [6, 6.07) is 10.5. The molecule has 0 bridgehead atoms. The molecular weight excluding hydrogens is 330 g/mol. The third-order valence-corrected chi connectivity index (χ3v) is 4.37. The van der Waals surface area contributed by atoms with Gasteiger partial charge in [0.1, 0.15) is 5.82 Å². The Morgan fingerprint density at radius 3 is 2.24 bits per heavy atom. The normalized spacial score (nSPS) is 15.3. The monoisotopic (exact) mass is 347 g/mol. The van der Waals surface area contributed by atoms with E-state index in [9.17, 15) is 0 Å². The van der Waals surface area contributed by atoms with E-state index in [1.807, 2.05) is 6.07 Å². The summed E-state index contributed by atoms with van der Waals surface area (Å²) in [6.45, 7) is 3.72.